The smallest absolute Gasteiger partial charge is 0.337 e. The normalized spacial score (nSPS) is 10.9. The Morgan fingerprint density at radius 2 is 1.89 bits per heavy atom. The number of nitrogens with two attached hydrogens (primary N) is 1. The predicted molar refractivity (Wildman–Crippen MR) is 70.7 cm³/mol. The van der Waals surface area contributed by atoms with Gasteiger partial charge >= 0.3 is 11.7 Å². The van der Waals surface area contributed by atoms with Crippen LogP contribution in [0.15, 0.2) is 29.1 Å². The average Bonchev–Trinajstić information content (AvgIpc) is 2.63. The van der Waals surface area contributed by atoms with Gasteiger partial charge in [-0.15, -0.1) is 0 Å². The molecule has 0 bridgehead atoms. The Morgan fingerprint density at radius 3 is 2.50 bits per heavy atom. The van der Waals surface area contributed by atoms with Crippen LogP contribution in [0.1, 0.15) is 26.2 Å². The number of carbonyl (C=O) groups is 1. The minimum Gasteiger partial charge on any atom is -0.351 e. The highest BCUT2D eigenvalue weighted by molar-refractivity contribution is 5.88. The Kier molecular flexibility index (Phi) is 3.50. The molecule has 2 N–H and O–H groups in total. The van der Waals surface area contributed by atoms with Gasteiger partial charge < -0.3 is 5.73 Å². The number of fused-ring (bicyclic) bond motifs is 1. The standard InChI is InChI=1S/C13H17N3O2/c1-2-3-6-9-15-10-7-4-5-8-11(10)16(12(14)17)13(15)18/h4-5,7-8H,2-3,6,9H2,1H3,(H2,14,17). The van der Waals surface area contributed by atoms with Crippen molar-refractivity contribution in [3.63, 3.8) is 0 Å². The lowest BCUT2D eigenvalue weighted by Gasteiger charge is -2.01. The van der Waals surface area contributed by atoms with Crippen LogP contribution in [0.3, 0.4) is 0 Å². The zero-order valence-electron chi connectivity index (χ0n) is 10.4. The van der Waals surface area contributed by atoms with E-state index < -0.39 is 6.03 Å². The van der Waals surface area contributed by atoms with E-state index in [2.05, 4.69) is 6.92 Å². The van der Waals surface area contributed by atoms with Gasteiger partial charge in [0.15, 0.2) is 0 Å². The zero-order valence-corrected chi connectivity index (χ0v) is 10.4. The molecule has 0 saturated heterocycles. The van der Waals surface area contributed by atoms with Gasteiger partial charge in [0.05, 0.1) is 11.0 Å². The van der Waals surface area contributed by atoms with Crippen molar-refractivity contribution >= 4 is 17.1 Å². The second kappa shape index (κ2) is 5.08. The van der Waals surface area contributed by atoms with Crippen LogP contribution in [-0.4, -0.2) is 15.2 Å². The summed E-state index contributed by atoms with van der Waals surface area (Å²) in [5.41, 5.74) is 6.25. The summed E-state index contributed by atoms with van der Waals surface area (Å²) in [4.78, 5) is 23.5. The fourth-order valence-electron chi connectivity index (χ4n) is 2.16. The van der Waals surface area contributed by atoms with Crippen molar-refractivity contribution in [1.29, 1.82) is 0 Å². The molecule has 1 aromatic carbocycles. The van der Waals surface area contributed by atoms with Crippen LogP contribution >= 0.6 is 0 Å². The van der Waals surface area contributed by atoms with Crippen molar-refractivity contribution in [2.45, 2.75) is 32.7 Å². The minimum atomic E-state index is -0.731. The maximum atomic E-state index is 12.1. The number of aryl methyl sites for hydroxylation is 1. The van der Waals surface area contributed by atoms with Crippen molar-refractivity contribution in [3.05, 3.63) is 34.7 Å². The van der Waals surface area contributed by atoms with Crippen LogP contribution in [0.4, 0.5) is 4.79 Å². The van der Waals surface area contributed by atoms with Gasteiger partial charge in [-0.3, -0.25) is 4.57 Å². The molecule has 2 aromatic rings. The summed E-state index contributed by atoms with van der Waals surface area (Å²) in [6, 6.07) is 6.48. The van der Waals surface area contributed by atoms with Crippen molar-refractivity contribution in [1.82, 2.24) is 9.13 Å². The van der Waals surface area contributed by atoms with E-state index in [1.807, 2.05) is 12.1 Å². The van der Waals surface area contributed by atoms with Crippen LogP contribution < -0.4 is 11.4 Å². The number of para-hydroxylation sites is 2. The van der Waals surface area contributed by atoms with Crippen LogP contribution in [0.5, 0.6) is 0 Å². The van der Waals surface area contributed by atoms with Gasteiger partial charge in [-0.05, 0) is 18.6 Å². The quantitative estimate of drug-likeness (QED) is 0.838. The van der Waals surface area contributed by atoms with E-state index in [0.29, 0.717) is 12.1 Å². The number of amides is 1. The second-order valence-corrected chi connectivity index (χ2v) is 4.30. The lowest BCUT2D eigenvalue weighted by molar-refractivity contribution is 0.250. The molecular weight excluding hydrogens is 230 g/mol. The number of carbonyl (C=O) groups excluding carboxylic acids is 1. The Labute approximate surface area is 105 Å². The summed E-state index contributed by atoms with van der Waals surface area (Å²) >= 11 is 0. The van der Waals surface area contributed by atoms with E-state index in [-0.39, 0.29) is 5.69 Å². The molecule has 1 heterocycles. The fraction of sp³-hybridized carbons (Fsp3) is 0.385. The Bertz CT molecular complexity index is 625. The average molecular weight is 247 g/mol. The van der Waals surface area contributed by atoms with Crippen LogP contribution in [0.25, 0.3) is 11.0 Å². The number of imidazole rings is 1. The SMILES string of the molecule is CCCCCn1c(=O)n(C(N)=O)c2ccccc21. The molecular formula is C13H17N3O2. The molecule has 5 nitrogen and oxygen atoms in total. The number of rotatable bonds is 4. The van der Waals surface area contributed by atoms with Gasteiger partial charge in [0.1, 0.15) is 0 Å². The highest BCUT2D eigenvalue weighted by Gasteiger charge is 2.15. The Balaban J connectivity index is 2.55. The molecule has 1 amide bonds. The third-order valence-electron chi connectivity index (χ3n) is 3.04. The first-order valence-corrected chi connectivity index (χ1v) is 6.17. The van der Waals surface area contributed by atoms with E-state index in [9.17, 15) is 9.59 Å². The van der Waals surface area contributed by atoms with E-state index in [4.69, 9.17) is 5.73 Å². The predicted octanol–water partition coefficient (Wildman–Crippen LogP) is 1.92. The maximum absolute atomic E-state index is 12.1. The number of benzene rings is 1. The molecule has 2 rings (SSSR count). The number of unbranched alkanes of at least 4 members (excludes halogenated alkanes) is 2. The van der Waals surface area contributed by atoms with Crippen molar-refractivity contribution < 1.29 is 4.79 Å². The molecule has 18 heavy (non-hydrogen) atoms. The molecule has 0 aliphatic carbocycles. The fourth-order valence-corrected chi connectivity index (χ4v) is 2.16. The summed E-state index contributed by atoms with van der Waals surface area (Å²) < 4.78 is 2.65. The van der Waals surface area contributed by atoms with Gasteiger partial charge in [-0.25, -0.2) is 14.2 Å². The summed E-state index contributed by atoms with van der Waals surface area (Å²) in [5.74, 6) is 0. The van der Waals surface area contributed by atoms with Crippen molar-refractivity contribution in [2.75, 3.05) is 0 Å². The zero-order chi connectivity index (χ0) is 13.1. The Hall–Kier alpha value is -2.04. The van der Waals surface area contributed by atoms with Gasteiger partial charge in [0.25, 0.3) is 0 Å². The molecule has 96 valence electrons. The van der Waals surface area contributed by atoms with Crippen LogP contribution in [0, 0.1) is 0 Å². The molecule has 5 heteroatoms. The molecule has 0 radical (unpaired) electrons. The van der Waals surface area contributed by atoms with E-state index in [1.165, 1.54) is 0 Å². The third-order valence-corrected chi connectivity index (χ3v) is 3.04. The van der Waals surface area contributed by atoms with Gasteiger partial charge in [-0.2, -0.15) is 0 Å². The van der Waals surface area contributed by atoms with Gasteiger partial charge in [-0.1, -0.05) is 31.9 Å². The number of hydrogen-bond donors (Lipinski definition) is 1. The lowest BCUT2D eigenvalue weighted by Crippen LogP contribution is -2.32. The first kappa shape index (κ1) is 12.4. The number of hydrogen-bond acceptors (Lipinski definition) is 2. The molecule has 0 aliphatic rings. The Morgan fingerprint density at radius 1 is 1.22 bits per heavy atom. The van der Waals surface area contributed by atoms with E-state index in [1.54, 1.807) is 16.7 Å². The summed E-state index contributed by atoms with van der Waals surface area (Å²) in [6.45, 7) is 2.73. The second-order valence-electron chi connectivity index (χ2n) is 4.30. The molecule has 0 saturated carbocycles. The molecule has 1 aromatic heterocycles. The number of aromatic nitrogens is 2. The summed E-state index contributed by atoms with van der Waals surface area (Å²) in [5, 5.41) is 0. The van der Waals surface area contributed by atoms with E-state index >= 15 is 0 Å². The monoisotopic (exact) mass is 247 g/mol. The molecule has 0 fully saturated rings. The van der Waals surface area contributed by atoms with Crippen molar-refractivity contribution in [2.24, 2.45) is 5.73 Å². The number of primary amides is 1. The molecule has 0 unspecified atom stereocenters. The molecule has 0 aliphatic heterocycles. The third kappa shape index (κ3) is 2.03. The van der Waals surface area contributed by atoms with Crippen LogP contribution in [0.2, 0.25) is 0 Å². The molecule has 0 spiro atoms. The minimum absolute atomic E-state index is 0.347. The van der Waals surface area contributed by atoms with Crippen molar-refractivity contribution in [3.8, 4) is 0 Å². The van der Waals surface area contributed by atoms with E-state index in [0.717, 1.165) is 29.3 Å². The largest absolute Gasteiger partial charge is 0.351 e. The summed E-state index contributed by atoms with van der Waals surface area (Å²) in [6.07, 6.45) is 3.06. The highest BCUT2D eigenvalue weighted by Crippen LogP contribution is 2.13. The molecule has 0 atom stereocenters. The van der Waals surface area contributed by atoms with Gasteiger partial charge in [0, 0.05) is 6.54 Å². The number of nitrogens with zero attached hydrogens (tertiary/aromatic N) is 2. The highest BCUT2D eigenvalue weighted by atomic mass is 16.2. The van der Waals surface area contributed by atoms with Crippen LogP contribution in [-0.2, 0) is 6.54 Å². The van der Waals surface area contributed by atoms with Gasteiger partial charge in [0.2, 0.25) is 0 Å². The lowest BCUT2D eigenvalue weighted by atomic mass is 10.2. The maximum Gasteiger partial charge on any atom is 0.337 e. The first-order valence-electron chi connectivity index (χ1n) is 6.17. The first-order chi connectivity index (χ1) is 8.66. The summed E-state index contributed by atoms with van der Waals surface area (Å²) in [7, 11) is 0. The topological polar surface area (TPSA) is 70.0 Å².